The van der Waals surface area contributed by atoms with Gasteiger partial charge >= 0.3 is 6.03 Å². The first kappa shape index (κ1) is 24.6. The van der Waals surface area contributed by atoms with E-state index < -0.39 is 5.82 Å². The standard InChI is InChI=1S/C27H21Cl3FN3O2/c1-15(35)33-9-7-16(8-10-33)17-11-20(19-6-5-18(31)13-24(19)30)21-14-32-27(36)34(25(21)12-17)26-22(28)3-2-4-23(26)29/h2-7,11-13H,8-10,14H2,1H3,(H,32,36). The Morgan fingerprint density at radius 1 is 1.00 bits per heavy atom. The minimum Gasteiger partial charge on any atom is -0.339 e. The largest absolute Gasteiger partial charge is 0.339 e. The molecule has 3 aromatic carbocycles. The molecule has 0 atom stereocenters. The quantitative estimate of drug-likeness (QED) is 0.372. The fourth-order valence-electron chi connectivity index (χ4n) is 4.67. The average Bonchev–Trinajstić information content (AvgIpc) is 2.84. The van der Waals surface area contributed by atoms with Crippen LogP contribution in [-0.4, -0.2) is 29.9 Å². The van der Waals surface area contributed by atoms with Crippen molar-refractivity contribution in [1.82, 2.24) is 10.2 Å². The Kier molecular flexibility index (Phi) is 6.68. The summed E-state index contributed by atoms with van der Waals surface area (Å²) >= 11 is 19.5. The van der Waals surface area contributed by atoms with Gasteiger partial charge in [-0.3, -0.25) is 9.69 Å². The van der Waals surface area contributed by atoms with E-state index in [0.717, 1.165) is 22.3 Å². The van der Waals surface area contributed by atoms with Crippen molar-refractivity contribution >= 4 is 63.7 Å². The molecule has 0 aromatic heterocycles. The summed E-state index contributed by atoms with van der Waals surface area (Å²) in [5.41, 5.74) is 5.07. The molecule has 5 nitrogen and oxygen atoms in total. The van der Waals surface area contributed by atoms with E-state index in [1.54, 1.807) is 36.1 Å². The van der Waals surface area contributed by atoms with E-state index in [9.17, 15) is 14.0 Å². The van der Waals surface area contributed by atoms with Crippen molar-refractivity contribution in [2.24, 2.45) is 0 Å². The summed E-state index contributed by atoms with van der Waals surface area (Å²) in [5.74, 6) is -0.420. The van der Waals surface area contributed by atoms with Crippen LogP contribution < -0.4 is 10.2 Å². The third kappa shape index (κ3) is 4.45. The number of carbonyl (C=O) groups excluding carboxylic acids is 2. The molecule has 0 spiro atoms. The lowest BCUT2D eigenvalue weighted by Crippen LogP contribution is -2.41. The molecule has 2 aliphatic heterocycles. The summed E-state index contributed by atoms with van der Waals surface area (Å²) in [6.45, 7) is 2.88. The van der Waals surface area contributed by atoms with Gasteiger partial charge in [-0.05, 0) is 65.6 Å². The highest BCUT2D eigenvalue weighted by Gasteiger charge is 2.32. The molecule has 0 unspecified atom stereocenters. The molecular formula is C27H21Cl3FN3O2. The Bertz CT molecular complexity index is 1420. The molecule has 5 rings (SSSR count). The van der Waals surface area contributed by atoms with Crippen molar-refractivity contribution in [2.45, 2.75) is 19.9 Å². The van der Waals surface area contributed by atoms with Gasteiger partial charge < -0.3 is 10.2 Å². The maximum absolute atomic E-state index is 13.9. The van der Waals surface area contributed by atoms with Crippen molar-refractivity contribution < 1.29 is 14.0 Å². The van der Waals surface area contributed by atoms with Crippen molar-refractivity contribution in [3.8, 4) is 11.1 Å². The number of para-hydroxylation sites is 1. The van der Waals surface area contributed by atoms with Crippen LogP contribution in [0.5, 0.6) is 0 Å². The Labute approximate surface area is 223 Å². The van der Waals surface area contributed by atoms with E-state index >= 15 is 0 Å². The normalized spacial score (nSPS) is 15.4. The molecule has 184 valence electrons. The van der Waals surface area contributed by atoms with Crippen LogP contribution >= 0.6 is 34.8 Å². The Morgan fingerprint density at radius 2 is 1.75 bits per heavy atom. The molecule has 2 heterocycles. The van der Waals surface area contributed by atoms with Crippen molar-refractivity contribution in [1.29, 1.82) is 0 Å². The molecular weight excluding hydrogens is 524 g/mol. The number of amides is 3. The molecule has 1 N–H and O–H groups in total. The lowest BCUT2D eigenvalue weighted by atomic mass is 9.89. The van der Waals surface area contributed by atoms with Crippen LogP contribution in [0.4, 0.5) is 20.6 Å². The summed E-state index contributed by atoms with van der Waals surface area (Å²) in [6.07, 6.45) is 2.66. The first-order valence-electron chi connectivity index (χ1n) is 11.3. The number of fused-ring (bicyclic) bond motifs is 1. The van der Waals surface area contributed by atoms with Crippen LogP contribution in [0.25, 0.3) is 16.7 Å². The third-order valence-electron chi connectivity index (χ3n) is 6.49. The maximum atomic E-state index is 13.9. The number of halogens is 4. The van der Waals surface area contributed by atoms with E-state index in [0.29, 0.717) is 46.5 Å². The highest BCUT2D eigenvalue weighted by Crippen LogP contribution is 2.45. The number of benzene rings is 3. The van der Waals surface area contributed by atoms with E-state index in [1.165, 1.54) is 17.0 Å². The van der Waals surface area contributed by atoms with Crippen LogP contribution in [0, 0.1) is 5.82 Å². The second-order valence-electron chi connectivity index (χ2n) is 8.65. The second kappa shape index (κ2) is 9.77. The van der Waals surface area contributed by atoms with Gasteiger partial charge in [-0.1, -0.05) is 46.9 Å². The van der Waals surface area contributed by atoms with Gasteiger partial charge in [-0.2, -0.15) is 0 Å². The molecule has 0 fully saturated rings. The highest BCUT2D eigenvalue weighted by atomic mass is 35.5. The lowest BCUT2D eigenvalue weighted by molar-refractivity contribution is -0.128. The topological polar surface area (TPSA) is 52.7 Å². The zero-order valence-corrected chi connectivity index (χ0v) is 21.5. The SMILES string of the molecule is CC(=O)N1CC=C(c2cc(-c3ccc(F)cc3Cl)c3c(c2)N(c2c(Cl)cccc2Cl)C(=O)NC3)CC1. The number of hydrogen-bond donors (Lipinski definition) is 1. The number of nitrogens with zero attached hydrogens (tertiary/aromatic N) is 2. The van der Waals surface area contributed by atoms with Crippen LogP contribution in [0.2, 0.25) is 15.1 Å². The van der Waals surface area contributed by atoms with Crippen molar-refractivity contribution in [3.63, 3.8) is 0 Å². The number of urea groups is 1. The van der Waals surface area contributed by atoms with E-state index in [1.807, 2.05) is 18.2 Å². The smallest absolute Gasteiger partial charge is 0.326 e. The summed E-state index contributed by atoms with van der Waals surface area (Å²) in [4.78, 5) is 28.2. The number of anilines is 2. The van der Waals surface area contributed by atoms with E-state index in [2.05, 4.69) is 5.32 Å². The van der Waals surface area contributed by atoms with Crippen molar-refractivity contribution in [2.75, 3.05) is 18.0 Å². The summed E-state index contributed by atoms with van der Waals surface area (Å²) < 4.78 is 13.9. The van der Waals surface area contributed by atoms with Gasteiger partial charge in [0.2, 0.25) is 5.91 Å². The predicted molar refractivity (Wildman–Crippen MR) is 143 cm³/mol. The van der Waals surface area contributed by atoms with Crippen LogP contribution in [0.1, 0.15) is 24.5 Å². The third-order valence-corrected chi connectivity index (χ3v) is 7.42. The van der Waals surface area contributed by atoms with Gasteiger partial charge in [-0.15, -0.1) is 0 Å². The summed E-state index contributed by atoms with van der Waals surface area (Å²) in [5, 5.41) is 3.80. The van der Waals surface area contributed by atoms with Gasteiger partial charge in [0.1, 0.15) is 5.82 Å². The molecule has 0 bridgehead atoms. The number of nitrogens with one attached hydrogen (secondary N) is 1. The first-order chi connectivity index (χ1) is 17.2. The van der Waals surface area contributed by atoms with Gasteiger partial charge in [0.05, 0.1) is 26.4 Å². The van der Waals surface area contributed by atoms with E-state index in [4.69, 9.17) is 34.8 Å². The minimum absolute atomic E-state index is 0.0192. The maximum Gasteiger partial charge on any atom is 0.326 e. The molecule has 0 saturated heterocycles. The Morgan fingerprint density at radius 3 is 2.39 bits per heavy atom. The molecule has 3 amide bonds. The predicted octanol–water partition coefficient (Wildman–Crippen LogP) is 7.45. The average molecular weight is 545 g/mol. The van der Waals surface area contributed by atoms with Crippen LogP contribution in [0.15, 0.2) is 54.6 Å². The molecule has 0 radical (unpaired) electrons. The van der Waals surface area contributed by atoms with Gasteiger partial charge in [0, 0.05) is 37.7 Å². The molecule has 36 heavy (non-hydrogen) atoms. The fraction of sp³-hybridized carbons (Fsp3) is 0.185. The zero-order chi connectivity index (χ0) is 25.6. The van der Waals surface area contributed by atoms with Crippen LogP contribution in [-0.2, 0) is 11.3 Å². The minimum atomic E-state index is -0.439. The second-order valence-corrected chi connectivity index (χ2v) is 9.88. The molecule has 3 aromatic rings. The highest BCUT2D eigenvalue weighted by molar-refractivity contribution is 6.40. The van der Waals surface area contributed by atoms with Gasteiger partial charge in [0.15, 0.2) is 0 Å². The Hall–Kier alpha value is -3.06. The zero-order valence-electron chi connectivity index (χ0n) is 19.2. The molecule has 0 aliphatic carbocycles. The molecule has 2 aliphatic rings. The number of hydrogen-bond acceptors (Lipinski definition) is 2. The number of carbonyl (C=O) groups is 2. The summed E-state index contributed by atoms with van der Waals surface area (Å²) in [6, 6.07) is 12.9. The lowest BCUT2D eigenvalue weighted by Gasteiger charge is -2.34. The molecule has 9 heteroatoms. The van der Waals surface area contributed by atoms with E-state index in [-0.39, 0.29) is 23.5 Å². The van der Waals surface area contributed by atoms with Crippen LogP contribution in [0.3, 0.4) is 0 Å². The molecule has 0 saturated carbocycles. The first-order valence-corrected chi connectivity index (χ1v) is 12.5. The Balaban J connectivity index is 1.75. The number of rotatable bonds is 3. The summed E-state index contributed by atoms with van der Waals surface area (Å²) in [7, 11) is 0. The monoisotopic (exact) mass is 543 g/mol. The van der Waals surface area contributed by atoms with Gasteiger partial charge in [-0.25, -0.2) is 9.18 Å². The van der Waals surface area contributed by atoms with Crippen molar-refractivity contribution in [3.05, 3.63) is 86.6 Å². The van der Waals surface area contributed by atoms with Gasteiger partial charge in [0.25, 0.3) is 0 Å². The fourth-order valence-corrected chi connectivity index (χ4v) is 5.51.